The van der Waals surface area contributed by atoms with Crippen LogP contribution in [0.3, 0.4) is 0 Å². The zero-order chi connectivity index (χ0) is 15.2. The SMILES string of the molecule is Cl.NCC1CCCCN1C(=O)CCOc1ccc(Cl)cc1Cl. The van der Waals surface area contributed by atoms with Gasteiger partial charge in [-0.3, -0.25) is 4.79 Å². The highest BCUT2D eigenvalue weighted by Crippen LogP contribution is 2.27. The third-order valence-electron chi connectivity index (χ3n) is 3.69. The molecule has 1 aromatic carbocycles. The second-order valence-electron chi connectivity index (χ2n) is 5.15. The number of halogens is 3. The van der Waals surface area contributed by atoms with E-state index in [-0.39, 0.29) is 24.4 Å². The summed E-state index contributed by atoms with van der Waals surface area (Å²) >= 11 is 11.8. The van der Waals surface area contributed by atoms with Crippen molar-refractivity contribution in [2.45, 2.75) is 31.7 Å². The second-order valence-corrected chi connectivity index (χ2v) is 5.99. The predicted octanol–water partition coefficient (Wildman–Crippen LogP) is 3.52. The highest BCUT2D eigenvalue weighted by atomic mass is 35.5. The Balaban J connectivity index is 0.00000242. The molecular formula is C15H21Cl3N2O2. The van der Waals surface area contributed by atoms with Crippen LogP contribution in [0.1, 0.15) is 25.7 Å². The van der Waals surface area contributed by atoms with E-state index in [1.54, 1.807) is 18.2 Å². The Morgan fingerprint density at radius 1 is 1.36 bits per heavy atom. The van der Waals surface area contributed by atoms with Crippen molar-refractivity contribution in [2.24, 2.45) is 5.73 Å². The molecule has 124 valence electrons. The number of carbonyl (C=O) groups is 1. The van der Waals surface area contributed by atoms with E-state index in [1.165, 1.54) is 0 Å². The van der Waals surface area contributed by atoms with Gasteiger partial charge in [-0.05, 0) is 37.5 Å². The molecule has 1 unspecified atom stereocenters. The van der Waals surface area contributed by atoms with Crippen molar-refractivity contribution in [3.05, 3.63) is 28.2 Å². The molecule has 1 amide bonds. The highest BCUT2D eigenvalue weighted by Gasteiger charge is 2.25. The number of piperidine rings is 1. The maximum Gasteiger partial charge on any atom is 0.226 e. The Hall–Kier alpha value is -0.680. The summed E-state index contributed by atoms with van der Waals surface area (Å²) in [5, 5.41) is 1.01. The Labute approximate surface area is 147 Å². The molecule has 0 aliphatic carbocycles. The lowest BCUT2D eigenvalue weighted by Gasteiger charge is -2.35. The van der Waals surface area contributed by atoms with Gasteiger partial charge in [-0.2, -0.15) is 0 Å². The zero-order valence-electron chi connectivity index (χ0n) is 12.3. The number of nitrogens with two attached hydrogens (primary N) is 1. The van der Waals surface area contributed by atoms with Crippen LogP contribution in [-0.2, 0) is 4.79 Å². The smallest absolute Gasteiger partial charge is 0.226 e. The summed E-state index contributed by atoms with van der Waals surface area (Å²) in [6.07, 6.45) is 3.51. The molecule has 2 rings (SSSR count). The summed E-state index contributed by atoms with van der Waals surface area (Å²) in [6.45, 7) is 1.62. The number of benzene rings is 1. The first-order chi connectivity index (χ1) is 10.1. The molecule has 1 saturated heterocycles. The number of hydrogen-bond acceptors (Lipinski definition) is 3. The van der Waals surface area contributed by atoms with E-state index >= 15 is 0 Å². The minimum atomic E-state index is 0. The number of hydrogen-bond donors (Lipinski definition) is 1. The number of likely N-dealkylation sites (tertiary alicyclic amines) is 1. The molecule has 1 fully saturated rings. The third-order valence-corrected chi connectivity index (χ3v) is 4.22. The van der Waals surface area contributed by atoms with E-state index in [1.807, 2.05) is 4.90 Å². The fourth-order valence-corrected chi connectivity index (χ4v) is 3.02. The molecule has 1 aromatic rings. The van der Waals surface area contributed by atoms with Crippen molar-refractivity contribution in [2.75, 3.05) is 19.7 Å². The van der Waals surface area contributed by atoms with Gasteiger partial charge in [0.15, 0.2) is 0 Å². The van der Waals surface area contributed by atoms with Gasteiger partial charge in [-0.25, -0.2) is 0 Å². The molecule has 0 bridgehead atoms. The molecule has 1 heterocycles. The van der Waals surface area contributed by atoms with E-state index in [0.717, 1.165) is 25.8 Å². The molecule has 0 saturated carbocycles. The second kappa shape index (κ2) is 9.46. The summed E-state index contributed by atoms with van der Waals surface area (Å²) in [5.74, 6) is 0.637. The minimum absolute atomic E-state index is 0. The maximum atomic E-state index is 12.2. The van der Waals surface area contributed by atoms with Crippen LogP contribution in [0.5, 0.6) is 5.75 Å². The Morgan fingerprint density at radius 2 is 2.14 bits per heavy atom. The summed E-state index contributed by atoms with van der Waals surface area (Å²) in [5.41, 5.74) is 5.73. The average molecular weight is 368 g/mol. The Kier molecular flexibility index (Phi) is 8.33. The normalized spacial score (nSPS) is 17.8. The maximum absolute atomic E-state index is 12.2. The van der Waals surface area contributed by atoms with Gasteiger partial charge in [0.1, 0.15) is 5.75 Å². The van der Waals surface area contributed by atoms with Crippen LogP contribution in [0, 0.1) is 0 Å². The lowest BCUT2D eigenvalue weighted by molar-refractivity contribution is -0.135. The first-order valence-electron chi connectivity index (χ1n) is 7.19. The van der Waals surface area contributed by atoms with Gasteiger partial charge in [0.25, 0.3) is 0 Å². The molecule has 2 N–H and O–H groups in total. The van der Waals surface area contributed by atoms with Crippen LogP contribution < -0.4 is 10.5 Å². The highest BCUT2D eigenvalue weighted by molar-refractivity contribution is 6.35. The van der Waals surface area contributed by atoms with Crippen molar-refractivity contribution in [1.82, 2.24) is 4.90 Å². The fraction of sp³-hybridized carbons (Fsp3) is 0.533. The summed E-state index contributed by atoms with van der Waals surface area (Å²) in [4.78, 5) is 14.1. The van der Waals surface area contributed by atoms with Crippen molar-refractivity contribution in [1.29, 1.82) is 0 Å². The summed E-state index contributed by atoms with van der Waals surface area (Å²) in [7, 11) is 0. The van der Waals surface area contributed by atoms with Crippen molar-refractivity contribution in [3.8, 4) is 5.75 Å². The molecule has 22 heavy (non-hydrogen) atoms. The Bertz CT molecular complexity index is 500. The van der Waals surface area contributed by atoms with E-state index in [0.29, 0.717) is 35.4 Å². The zero-order valence-corrected chi connectivity index (χ0v) is 14.6. The van der Waals surface area contributed by atoms with Crippen molar-refractivity contribution >= 4 is 41.5 Å². The van der Waals surface area contributed by atoms with Gasteiger partial charge < -0.3 is 15.4 Å². The standard InChI is InChI=1S/C15H20Cl2N2O2.ClH/c16-11-4-5-14(13(17)9-11)21-8-6-15(20)19-7-2-1-3-12(19)10-18;/h4-5,9,12H,1-3,6-8,10,18H2;1H. The van der Waals surface area contributed by atoms with Crippen LogP contribution in [-0.4, -0.2) is 36.5 Å². The predicted molar refractivity (Wildman–Crippen MR) is 92.2 cm³/mol. The topological polar surface area (TPSA) is 55.6 Å². The quantitative estimate of drug-likeness (QED) is 0.866. The number of carbonyl (C=O) groups excluding carboxylic acids is 1. The molecule has 1 aliphatic rings. The largest absolute Gasteiger partial charge is 0.491 e. The lowest BCUT2D eigenvalue weighted by atomic mass is 10.0. The molecule has 0 radical (unpaired) electrons. The summed E-state index contributed by atoms with van der Waals surface area (Å²) < 4.78 is 5.55. The van der Waals surface area contributed by atoms with Crippen LogP contribution in [0.4, 0.5) is 0 Å². The molecule has 0 aromatic heterocycles. The number of amides is 1. The number of nitrogens with zero attached hydrogens (tertiary/aromatic N) is 1. The van der Waals surface area contributed by atoms with E-state index in [9.17, 15) is 4.79 Å². The lowest BCUT2D eigenvalue weighted by Crippen LogP contribution is -2.47. The van der Waals surface area contributed by atoms with Gasteiger partial charge >= 0.3 is 0 Å². The fourth-order valence-electron chi connectivity index (χ4n) is 2.56. The van der Waals surface area contributed by atoms with Gasteiger partial charge in [0.2, 0.25) is 5.91 Å². The van der Waals surface area contributed by atoms with Gasteiger partial charge in [-0.1, -0.05) is 23.2 Å². The molecule has 4 nitrogen and oxygen atoms in total. The first kappa shape index (κ1) is 19.4. The first-order valence-corrected chi connectivity index (χ1v) is 7.95. The minimum Gasteiger partial charge on any atom is -0.491 e. The summed E-state index contributed by atoms with van der Waals surface area (Å²) in [6, 6.07) is 5.21. The monoisotopic (exact) mass is 366 g/mol. The molecule has 1 atom stereocenters. The van der Waals surface area contributed by atoms with Crippen molar-refractivity contribution in [3.63, 3.8) is 0 Å². The number of ether oxygens (including phenoxy) is 1. The van der Waals surface area contributed by atoms with Gasteiger partial charge in [0.05, 0.1) is 18.1 Å². The van der Waals surface area contributed by atoms with Crippen LogP contribution in [0.25, 0.3) is 0 Å². The molecule has 0 spiro atoms. The van der Waals surface area contributed by atoms with E-state index in [2.05, 4.69) is 0 Å². The van der Waals surface area contributed by atoms with Crippen LogP contribution >= 0.6 is 35.6 Å². The van der Waals surface area contributed by atoms with Crippen LogP contribution in [0.2, 0.25) is 10.0 Å². The number of rotatable bonds is 5. The van der Waals surface area contributed by atoms with E-state index < -0.39 is 0 Å². The molecule has 1 aliphatic heterocycles. The average Bonchev–Trinajstić information content (AvgIpc) is 2.49. The third kappa shape index (κ3) is 5.20. The Morgan fingerprint density at radius 3 is 2.82 bits per heavy atom. The molecule has 7 heteroatoms. The van der Waals surface area contributed by atoms with Gasteiger partial charge in [-0.15, -0.1) is 12.4 Å². The van der Waals surface area contributed by atoms with Crippen molar-refractivity contribution < 1.29 is 9.53 Å². The van der Waals surface area contributed by atoms with E-state index in [4.69, 9.17) is 33.7 Å². The van der Waals surface area contributed by atoms with Crippen LogP contribution in [0.15, 0.2) is 18.2 Å². The van der Waals surface area contributed by atoms with Gasteiger partial charge in [0, 0.05) is 24.2 Å². The molecular weight excluding hydrogens is 347 g/mol.